The molecular formula is C17H28N2O2. The highest BCUT2D eigenvalue weighted by Gasteiger charge is 2.36. The average molecular weight is 292 g/mol. The summed E-state index contributed by atoms with van der Waals surface area (Å²) in [6.07, 6.45) is 0. The Morgan fingerprint density at radius 2 is 1.81 bits per heavy atom. The second kappa shape index (κ2) is 6.94. The summed E-state index contributed by atoms with van der Waals surface area (Å²) in [5, 5.41) is 3.32. The first kappa shape index (κ1) is 17.5. The SMILES string of the molecule is COC(=O)C(C)(CN(C)c1cc(C)cc(C)c1)NC(C)C. The summed E-state index contributed by atoms with van der Waals surface area (Å²) in [6.45, 7) is 10.6. The van der Waals surface area contributed by atoms with Crippen LogP contribution in [0.25, 0.3) is 0 Å². The summed E-state index contributed by atoms with van der Waals surface area (Å²) >= 11 is 0. The summed E-state index contributed by atoms with van der Waals surface area (Å²) in [7, 11) is 3.43. The number of likely N-dealkylation sites (N-methyl/N-ethyl adjacent to an activating group) is 1. The van der Waals surface area contributed by atoms with Crippen molar-refractivity contribution in [1.82, 2.24) is 5.32 Å². The van der Waals surface area contributed by atoms with Crippen molar-refractivity contribution in [1.29, 1.82) is 0 Å². The number of esters is 1. The van der Waals surface area contributed by atoms with E-state index in [4.69, 9.17) is 4.74 Å². The van der Waals surface area contributed by atoms with Crippen molar-refractivity contribution < 1.29 is 9.53 Å². The van der Waals surface area contributed by atoms with Gasteiger partial charge in [0.25, 0.3) is 0 Å². The molecule has 0 aromatic heterocycles. The minimum absolute atomic E-state index is 0.196. The van der Waals surface area contributed by atoms with Gasteiger partial charge in [0.15, 0.2) is 0 Å². The first-order valence-electron chi connectivity index (χ1n) is 7.33. The molecule has 4 nitrogen and oxygen atoms in total. The van der Waals surface area contributed by atoms with Crippen LogP contribution in [0.5, 0.6) is 0 Å². The molecule has 0 bridgehead atoms. The van der Waals surface area contributed by atoms with Crippen LogP contribution in [0.2, 0.25) is 0 Å². The number of nitrogens with one attached hydrogen (secondary N) is 1. The molecule has 4 heteroatoms. The van der Waals surface area contributed by atoms with Gasteiger partial charge >= 0.3 is 5.97 Å². The molecule has 1 aromatic carbocycles. The fraction of sp³-hybridized carbons (Fsp3) is 0.588. The molecular weight excluding hydrogens is 264 g/mol. The van der Waals surface area contributed by atoms with Crippen LogP contribution in [0.1, 0.15) is 31.9 Å². The van der Waals surface area contributed by atoms with Gasteiger partial charge in [-0.3, -0.25) is 5.32 Å². The second-order valence-electron chi connectivity index (χ2n) is 6.32. The zero-order valence-electron chi connectivity index (χ0n) is 14.3. The van der Waals surface area contributed by atoms with Gasteiger partial charge in [-0.05, 0) is 57.9 Å². The van der Waals surface area contributed by atoms with E-state index in [-0.39, 0.29) is 12.0 Å². The zero-order valence-corrected chi connectivity index (χ0v) is 14.3. The molecule has 0 saturated carbocycles. The van der Waals surface area contributed by atoms with Gasteiger partial charge in [-0.2, -0.15) is 0 Å². The number of rotatable bonds is 6. The number of nitrogens with zero attached hydrogens (tertiary/aromatic N) is 1. The molecule has 0 saturated heterocycles. The number of anilines is 1. The summed E-state index contributed by atoms with van der Waals surface area (Å²) in [5.41, 5.74) is 2.80. The number of hydrogen-bond donors (Lipinski definition) is 1. The van der Waals surface area contributed by atoms with E-state index >= 15 is 0 Å². The van der Waals surface area contributed by atoms with Crippen molar-refractivity contribution in [3.05, 3.63) is 29.3 Å². The van der Waals surface area contributed by atoms with Crippen LogP contribution in [-0.4, -0.2) is 38.3 Å². The highest BCUT2D eigenvalue weighted by molar-refractivity contribution is 5.81. The van der Waals surface area contributed by atoms with Crippen molar-refractivity contribution in [2.45, 2.75) is 46.2 Å². The summed E-state index contributed by atoms with van der Waals surface area (Å²) < 4.78 is 4.97. The zero-order chi connectivity index (χ0) is 16.2. The number of methoxy groups -OCH3 is 1. The highest BCUT2D eigenvalue weighted by Crippen LogP contribution is 2.20. The van der Waals surface area contributed by atoms with E-state index < -0.39 is 5.54 Å². The lowest BCUT2D eigenvalue weighted by atomic mass is 10.00. The van der Waals surface area contributed by atoms with Crippen LogP contribution in [0.15, 0.2) is 18.2 Å². The van der Waals surface area contributed by atoms with Gasteiger partial charge in [0, 0.05) is 25.3 Å². The van der Waals surface area contributed by atoms with Crippen LogP contribution in [0, 0.1) is 13.8 Å². The van der Waals surface area contributed by atoms with Crippen LogP contribution in [0.3, 0.4) is 0 Å². The largest absolute Gasteiger partial charge is 0.468 e. The van der Waals surface area contributed by atoms with Gasteiger partial charge in [0.2, 0.25) is 0 Å². The van der Waals surface area contributed by atoms with E-state index in [1.165, 1.54) is 18.2 Å². The van der Waals surface area contributed by atoms with E-state index in [0.717, 1.165) is 5.69 Å². The van der Waals surface area contributed by atoms with E-state index in [2.05, 4.69) is 42.3 Å². The van der Waals surface area contributed by atoms with Gasteiger partial charge in [-0.25, -0.2) is 4.79 Å². The van der Waals surface area contributed by atoms with Crippen LogP contribution in [-0.2, 0) is 9.53 Å². The fourth-order valence-electron chi connectivity index (χ4n) is 2.77. The maximum atomic E-state index is 12.2. The Hall–Kier alpha value is -1.55. The van der Waals surface area contributed by atoms with Gasteiger partial charge in [0.05, 0.1) is 7.11 Å². The standard InChI is InChI=1S/C17H28N2O2/c1-12(2)18-17(5,16(20)21-7)11-19(6)15-9-13(3)8-14(4)10-15/h8-10,12,18H,11H2,1-7H3. The number of benzene rings is 1. The average Bonchev–Trinajstić information content (AvgIpc) is 2.35. The number of hydrogen-bond acceptors (Lipinski definition) is 4. The first-order valence-corrected chi connectivity index (χ1v) is 7.33. The highest BCUT2D eigenvalue weighted by atomic mass is 16.5. The molecule has 0 amide bonds. The van der Waals surface area contributed by atoms with Gasteiger partial charge in [0.1, 0.15) is 5.54 Å². The summed E-state index contributed by atoms with van der Waals surface area (Å²) in [4.78, 5) is 14.2. The Bertz CT molecular complexity index is 479. The van der Waals surface area contributed by atoms with Gasteiger partial charge < -0.3 is 9.64 Å². The molecule has 0 aliphatic heterocycles. The minimum Gasteiger partial charge on any atom is -0.468 e. The maximum Gasteiger partial charge on any atom is 0.327 e. The molecule has 0 radical (unpaired) electrons. The molecule has 0 fully saturated rings. The predicted octanol–water partition coefficient (Wildman–Crippen LogP) is 2.67. The van der Waals surface area contributed by atoms with Crippen LogP contribution in [0.4, 0.5) is 5.69 Å². The smallest absolute Gasteiger partial charge is 0.327 e. The molecule has 0 aliphatic carbocycles. The normalized spacial score (nSPS) is 13.9. The molecule has 21 heavy (non-hydrogen) atoms. The number of carbonyl (C=O) groups is 1. The van der Waals surface area contributed by atoms with E-state index in [1.54, 1.807) is 0 Å². The molecule has 1 aromatic rings. The van der Waals surface area contributed by atoms with Crippen molar-refractivity contribution in [2.75, 3.05) is 25.6 Å². The van der Waals surface area contributed by atoms with E-state index in [9.17, 15) is 4.79 Å². The topological polar surface area (TPSA) is 41.6 Å². The molecule has 0 heterocycles. The van der Waals surface area contributed by atoms with Gasteiger partial charge in [-0.15, -0.1) is 0 Å². The number of carbonyl (C=O) groups excluding carboxylic acids is 1. The Kier molecular flexibility index (Phi) is 5.78. The molecule has 1 N–H and O–H groups in total. The summed E-state index contributed by atoms with van der Waals surface area (Å²) in [6, 6.07) is 6.59. The van der Waals surface area contributed by atoms with Crippen LogP contribution >= 0.6 is 0 Å². The molecule has 1 unspecified atom stereocenters. The van der Waals surface area contributed by atoms with Crippen molar-refractivity contribution >= 4 is 11.7 Å². The Morgan fingerprint density at radius 1 is 1.29 bits per heavy atom. The van der Waals surface area contributed by atoms with E-state index in [1.807, 2.05) is 27.8 Å². The Morgan fingerprint density at radius 3 is 2.24 bits per heavy atom. The molecule has 1 rings (SSSR count). The Labute approximate surface area is 128 Å². The minimum atomic E-state index is -0.741. The van der Waals surface area contributed by atoms with Crippen molar-refractivity contribution in [3.8, 4) is 0 Å². The second-order valence-corrected chi connectivity index (χ2v) is 6.32. The quantitative estimate of drug-likeness (QED) is 0.819. The third kappa shape index (κ3) is 4.74. The number of aryl methyl sites for hydroxylation is 2. The molecule has 1 atom stereocenters. The van der Waals surface area contributed by atoms with Crippen LogP contribution < -0.4 is 10.2 Å². The maximum absolute atomic E-state index is 12.2. The lowest BCUT2D eigenvalue weighted by Gasteiger charge is -2.35. The Balaban J connectivity index is 2.99. The third-order valence-electron chi connectivity index (χ3n) is 3.44. The third-order valence-corrected chi connectivity index (χ3v) is 3.44. The fourth-order valence-corrected chi connectivity index (χ4v) is 2.77. The molecule has 0 spiro atoms. The summed E-state index contributed by atoms with van der Waals surface area (Å²) in [5.74, 6) is -0.243. The first-order chi connectivity index (χ1) is 9.67. The van der Waals surface area contributed by atoms with Crippen molar-refractivity contribution in [3.63, 3.8) is 0 Å². The lowest BCUT2D eigenvalue weighted by Crippen LogP contribution is -2.59. The number of ether oxygens (including phenoxy) is 1. The lowest BCUT2D eigenvalue weighted by molar-refractivity contribution is -0.147. The molecule has 0 aliphatic rings. The van der Waals surface area contributed by atoms with Gasteiger partial charge in [-0.1, -0.05) is 6.07 Å². The monoisotopic (exact) mass is 292 g/mol. The molecule has 118 valence electrons. The predicted molar refractivity (Wildman–Crippen MR) is 87.9 cm³/mol. The van der Waals surface area contributed by atoms with Crippen molar-refractivity contribution in [2.24, 2.45) is 0 Å². The van der Waals surface area contributed by atoms with E-state index in [0.29, 0.717) is 6.54 Å².